The molecule has 1 aromatic heterocycles. The first-order valence-electron chi connectivity index (χ1n) is 8.49. The molecule has 1 aliphatic rings. The SMILES string of the molecule is Cc1cc(=O)c(C(=O)N2CCNC[C@@H]2C)nn1-c1ccccc1C(F)(F)F. The molecule has 2 heterocycles. The average molecular weight is 380 g/mol. The van der Waals surface area contributed by atoms with Crippen LogP contribution in [0.25, 0.3) is 5.69 Å². The van der Waals surface area contributed by atoms with Crippen LogP contribution in [-0.4, -0.2) is 46.3 Å². The summed E-state index contributed by atoms with van der Waals surface area (Å²) in [5.41, 5.74) is -1.90. The molecule has 0 unspecified atom stereocenters. The highest BCUT2D eigenvalue weighted by atomic mass is 19.4. The number of nitrogens with one attached hydrogen (secondary N) is 1. The second-order valence-corrected chi connectivity index (χ2v) is 6.48. The third kappa shape index (κ3) is 3.73. The molecular weight excluding hydrogens is 361 g/mol. The molecule has 6 nitrogen and oxygen atoms in total. The Morgan fingerprint density at radius 1 is 1.30 bits per heavy atom. The molecule has 1 atom stereocenters. The maximum atomic E-state index is 13.4. The van der Waals surface area contributed by atoms with Gasteiger partial charge in [-0.25, -0.2) is 4.68 Å². The van der Waals surface area contributed by atoms with Gasteiger partial charge in [-0.1, -0.05) is 12.1 Å². The third-order valence-electron chi connectivity index (χ3n) is 4.51. The number of carbonyl (C=O) groups excluding carboxylic acids is 1. The molecule has 0 aliphatic carbocycles. The minimum Gasteiger partial charge on any atom is -0.332 e. The number of rotatable bonds is 2. The van der Waals surface area contributed by atoms with Crippen LogP contribution in [0.1, 0.15) is 28.7 Å². The molecule has 1 N–H and O–H groups in total. The van der Waals surface area contributed by atoms with E-state index < -0.39 is 23.1 Å². The van der Waals surface area contributed by atoms with Crippen molar-refractivity contribution in [1.29, 1.82) is 0 Å². The number of alkyl halides is 3. The molecule has 27 heavy (non-hydrogen) atoms. The van der Waals surface area contributed by atoms with Crippen LogP contribution in [0.15, 0.2) is 35.1 Å². The standard InChI is InChI=1S/C18H19F3N4O2/c1-11-9-15(26)16(17(27)24-8-7-22-10-12(24)2)23-25(11)14-6-4-3-5-13(14)18(19,20)21/h3-6,9,12,22H,7-8,10H2,1-2H3/t12-/m0/s1. The predicted octanol–water partition coefficient (Wildman–Crippen LogP) is 1.99. The number of aromatic nitrogens is 2. The monoisotopic (exact) mass is 380 g/mol. The Labute approximate surface area is 153 Å². The summed E-state index contributed by atoms with van der Waals surface area (Å²) in [4.78, 5) is 26.7. The predicted molar refractivity (Wildman–Crippen MR) is 92.9 cm³/mol. The van der Waals surface area contributed by atoms with Crippen molar-refractivity contribution in [2.45, 2.75) is 26.1 Å². The first-order chi connectivity index (χ1) is 12.7. The van der Waals surface area contributed by atoms with E-state index in [1.54, 1.807) is 0 Å². The lowest BCUT2D eigenvalue weighted by Gasteiger charge is -2.33. The summed E-state index contributed by atoms with van der Waals surface area (Å²) in [6.45, 7) is 4.85. The Morgan fingerprint density at radius 3 is 2.67 bits per heavy atom. The summed E-state index contributed by atoms with van der Waals surface area (Å²) in [5.74, 6) is -0.577. The highest BCUT2D eigenvalue weighted by molar-refractivity contribution is 5.92. The van der Waals surface area contributed by atoms with Crippen molar-refractivity contribution in [3.63, 3.8) is 0 Å². The number of piperazine rings is 1. The van der Waals surface area contributed by atoms with Gasteiger partial charge in [-0.05, 0) is 26.0 Å². The summed E-state index contributed by atoms with van der Waals surface area (Å²) in [5, 5.41) is 7.15. The fourth-order valence-corrected chi connectivity index (χ4v) is 3.12. The fourth-order valence-electron chi connectivity index (χ4n) is 3.12. The fraction of sp³-hybridized carbons (Fsp3) is 0.389. The largest absolute Gasteiger partial charge is 0.418 e. The number of para-hydroxylation sites is 1. The van der Waals surface area contributed by atoms with Crippen LogP contribution < -0.4 is 10.7 Å². The Morgan fingerprint density at radius 2 is 2.00 bits per heavy atom. The van der Waals surface area contributed by atoms with Crippen LogP contribution in [0, 0.1) is 6.92 Å². The zero-order valence-electron chi connectivity index (χ0n) is 14.9. The molecule has 2 aromatic rings. The molecule has 0 saturated carbocycles. The molecule has 1 fully saturated rings. The van der Waals surface area contributed by atoms with Gasteiger partial charge < -0.3 is 10.2 Å². The lowest BCUT2D eigenvalue weighted by atomic mass is 10.1. The minimum atomic E-state index is -4.59. The molecule has 0 radical (unpaired) electrons. The van der Waals surface area contributed by atoms with Gasteiger partial charge in [0.1, 0.15) is 0 Å². The first-order valence-corrected chi connectivity index (χ1v) is 8.49. The second-order valence-electron chi connectivity index (χ2n) is 6.48. The van der Waals surface area contributed by atoms with Crippen LogP contribution in [-0.2, 0) is 6.18 Å². The third-order valence-corrected chi connectivity index (χ3v) is 4.51. The van der Waals surface area contributed by atoms with Crippen molar-refractivity contribution < 1.29 is 18.0 Å². The quantitative estimate of drug-likeness (QED) is 0.865. The highest BCUT2D eigenvalue weighted by Gasteiger charge is 2.34. The van der Waals surface area contributed by atoms with Gasteiger partial charge in [0.25, 0.3) is 5.91 Å². The smallest absolute Gasteiger partial charge is 0.332 e. The highest BCUT2D eigenvalue weighted by Crippen LogP contribution is 2.33. The molecule has 0 spiro atoms. The van der Waals surface area contributed by atoms with E-state index in [0.29, 0.717) is 19.6 Å². The number of benzene rings is 1. The van der Waals surface area contributed by atoms with E-state index in [2.05, 4.69) is 10.4 Å². The number of amides is 1. The van der Waals surface area contributed by atoms with Crippen molar-refractivity contribution in [3.05, 3.63) is 57.5 Å². The molecule has 1 aliphatic heterocycles. The summed E-state index contributed by atoms with van der Waals surface area (Å²) in [7, 11) is 0. The zero-order valence-corrected chi connectivity index (χ0v) is 14.9. The second kappa shape index (κ2) is 7.15. The van der Waals surface area contributed by atoms with Crippen LogP contribution in [0.5, 0.6) is 0 Å². The van der Waals surface area contributed by atoms with Crippen LogP contribution >= 0.6 is 0 Å². The number of hydrogen-bond acceptors (Lipinski definition) is 4. The van der Waals surface area contributed by atoms with E-state index in [9.17, 15) is 22.8 Å². The summed E-state index contributed by atoms with van der Waals surface area (Å²) in [6, 6.07) is 5.91. The molecule has 1 amide bonds. The van der Waals surface area contributed by atoms with Gasteiger partial charge in [-0.15, -0.1) is 0 Å². The van der Waals surface area contributed by atoms with Crippen LogP contribution in [0.2, 0.25) is 0 Å². The van der Waals surface area contributed by atoms with Gasteiger partial charge in [0.15, 0.2) is 5.69 Å². The number of hydrogen-bond donors (Lipinski definition) is 1. The lowest BCUT2D eigenvalue weighted by molar-refractivity contribution is -0.137. The number of aryl methyl sites for hydroxylation is 1. The summed E-state index contributed by atoms with van der Waals surface area (Å²) < 4.78 is 41.1. The van der Waals surface area contributed by atoms with Crippen molar-refractivity contribution in [2.75, 3.05) is 19.6 Å². The molecule has 0 bridgehead atoms. The number of carbonyl (C=O) groups is 1. The van der Waals surface area contributed by atoms with Gasteiger partial charge >= 0.3 is 6.18 Å². The van der Waals surface area contributed by atoms with E-state index in [-0.39, 0.29) is 23.1 Å². The number of halogens is 3. The maximum Gasteiger partial charge on any atom is 0.418 e. The Kier molecular flexibility index (Phi) is 5.05. The van der Waals surface area contributed by atoms with Crippen LogP contribution in [0.4, 0.5) is 13.2 Å². The molecule has 1 aromatic carbocycles. The number of nitrogens with zero attached hydrogens (tertiary/aromatic N) is 3. The lowest BCUT2D eigenvalue weighted by Crippen LogP contribution is -2.53. The van der Waals surface area contributed by atoms with Crippen molar-refractivity contribution in [2.24, 2.45) is 0 Å². The van der Waals surface area contributed by atoms with E-state index in [1.807, 2.05) is 6.92 Å². The van der Waals surface area contributed by atoms with Crippen molar-refractivity contribution in [3.8, 4) is 5.69 Å². The van der Waals surface area contributed by atoms with Gasteiger partial charge in [0.05, 0.1) is 11.3 Å². The normalized spacial score (nSPS) is 17.8. The van der Waals surface area contributed by atoms with Crippen molar-refractivity contribution in [1.82, 2.24) is 20.0 Å². The Balaban J connectivity index is 2.11. The molecule has 3 rings (SSSR count). The first kappa shape index (κ1) is 19.1. The van der Waals surface area contributed by atoms with Gasteiger partial charge in [-0.3, -0.25) is 9.59 Å². The summed E-state index contributed by atoms with van der Waals surface area (Å²) >= 11 is 0. The topological polar surface area (TPSA) is 67.2 Å². The summed E-state index contributed by atoms with van der Waals surface area (Å²) in [6.07, 6.45) is -4.59. The van der Waals surface area contributed by atoms with E-state index >= 15 is 0 Å². The molecule has 144 valence electrons. The zero-order chi connectivity index (χ0) is 19.8. The molecule has 1 saturated heterocycles. The van der Waals surface area contributed by atoms with Gasteiger partial charge in [-0.2, -0.15) is 18.3 Å². The molecular formula is C18H19F3N4O2. The van der Waals surface area contributed by atoms with E-state index in [4.69, 9.17) is 0 Å². The Bertz CT molecular complexity index is 924. The molecule has 9 heteroatoms. The van der Waals surface area contributed by atoms with E-state index in [1.165, 1.54) is 30.0 Å². The van der Waals surface area contributed by atoms with Crippen molar-refractivity contribution >= 4 is 5.91 Å². The van der Waals surface area contributed by atoms with Gasteiger partial charge in [0, 0.05) is 37.4 Å². The van der Waals surface area contributed by atoms with Gasteiger partial charge in [0.2, 0.25) is 5.43 Å². The Hall–Kier alpha value is -2.68. The minimum absolute atomic E-state index is 0.148. The maximum absolute atomic E-state index is 13.4. The van der Waals surface area contributed by atoms with E-state index in [0.717, 1.165) is 16.8 Å². The van der Waals surface area contributed by atoms with Crippen LogP contribution in [0.3, 0.4) is 0 Å². The average Bonchev–Trinajstić information content (AvgIpc) is 2.61.